The summed E-state index contributed by atoms with van der Waals surface area (Å²) in [6.45, 7) is 3.62. The molecule has 2 amide bonds. The van der Waals surface area contributed by atoms with E-state index in [1.807, 2.05) is 50.2 Å². The fourth-order valence-electron chi connectivity index (χ4n) is 2.48. The number of benzene rings is 2. The maximum atomic E-state index is 12.0. The number of hydrogen-bond acceptors (Lipinski definition) is 5. The Balaban J connectivity index is 1.76. The van der Waals surface area contributed by atoms with Crippen LogP contribution in [-0.4, -0.2) is 30.6 Å². The van der Waals surface area contributed by atoms with Crippen molar-refractivity contribution in [2.45, 2.75) is 13.8 Å². The second kappa shape index (κ2) is 10.8. The molecule has 0 radical (unpaired) electrons. The Morgan fingerprint density at radius 3 is 2.41 bits per heavy atom. The van der Waals surface area contributed by atoms with Crippen LogP contribution in [0.1, 0.15) is 16.7 Å². The molecule has 2 aromatic rings. The minimum Gasteiger partial charge on any atom is -0.496 e. The highest BCUT2D eigenvalue weighted by molar-refractivity contribution is 7.80. The molecule has 0 aliphatic heterocycles. The summed E-state index contributed by atoms with van der Waals surface area (Å²) in [6, 6.07) is 13.0. The summed E-state index contributed by atoms with van der Waals surface area (Å²) in [5.74, 6) is 0.427. The predicted octanol–water partition coefficient (Wildman–Crippen LogP) is 2.43. The fourth-order valence-corrected chi connectivity index (χ4v) is 2.63. The van der Waals surface area contributed by atoms with Gasteiger partial charge in [-0.1, -0.05) is 36.4 Å². The number of carbonyl (C=O) groups excluding carboxylic acids is 2. The minimum atomic E-state index is -0.450. The van der Waals surface area contributed by atoms with Gasteiger partial charge in [-0.15, -0.1) is 0 Å². The van der Waals surface area contributed by atoms with Gasteiger partial charge in [0.25, 0.3) is 5.91 Å². The second-order valence-corrected chi connectivity index (χ2v) is 6.48. The van der Waals surface area contributed by atoms with Crippen LogP contribution < -0.4 is 25.6 Å². The Hall–Kier alpha value is -3.39. The molecule has 0 fully saturated rings. The number of amides is 2. The van der Waals surface area contributed by atoms with Crippen molar-refractivity contribution in [2.75, 3.05) is 13.7 Å². The zero-order valence-corrected chi connectivity index (χ0v) is 17.3. The van der Waals surface area contributed by atoms with Crippen LogP contribution in [0.4, 0.5) is 0 Å². The fraction of sp³-hybridized carbons (Fsp3) is 0.190. The quantitative estimate of drug-likeness (QED) is 0.383. The number of methoxy groups -OCH3 is 1. The highest BCUT2D eigenvalue weighted by Gasteiger charge is 2.08. The standard InChI is InChI=1S/C21H23N3O4S/c1-14-7-6-8-15(2)20(14)28-13-19(26)23-24-21(29)22-18(25)12-11-16-9-4-5-10-17(16)27-3/h4-12H,13H2,1-3H3,(H,23,26)(H2,22,24,25,29). The molecule has 0 aliphatic rings. The van der Waals surface area contributed by atoms with Crippen LogP contribution in [0.2, 0.25) is 0 Å². The van der Waals surface area contributed by atoms with Gasteiger partial charge in [0.15, 0.2) is 11.7 Å². The first-order valence-corrected chi connectivity index (χ1v) is 9.21. The van der Waals surface area contributed by atoms with E-state index >= 15 is 0 Å². The van der Waals surface area contributed by atoms with Gasteiger partial charge in [0.2, 0.25) is 5.91 Å². The predicted molar refractivity (Wildman–Crippen MR) is 115 cm³/mol. The van der Waals surface area contributed by atoms with E-state index < -0.39 is 11.8 Å². The first kappa shape index (κ1) is 21.9. The molecule has 0 bridgehead atoms. The monoisotopic (exact) mass is 413 g/mol. The average molecular weight is 413 g/mol. The minimum absolute atomic E-state index is 0.0416. The van der Waals surface area contributed by atoms with E-state index in [0.717, 1.165) is 16.7 Å². The highest BCUT2D eigenvalue weighted by atomic mass is 32.1. The van der Waals surface area contributed by atoms with Crippen molar-refractivity contribution in [3.63, 3.8) is 0 Å². The summed E-state index contributed by atoms with van der Waals surface area (Å²) < 4.78 is 10.8. The summed E-state index contributed by atoms with van der Waals surface area (Å²) >= 11 is 4.99. The van der Waals surface area contributed by atoms with Gasteiger partial charge in [-0.25, -0.2) is 0 Å². The molecule has 8 heteroatoms. The van der Waals surface area contributed by atoms with Crippen LogP contribution in [0.25, 0.3) is 6.08 Å². The largest absolute Gasteiger partial charge is 0.496 e. The van der Waals surface area contributed by atoms with E-state index in [1.54, 1.807) is 19.3 Å². The highest BCUT2D eigenvalue weighted by Crippen LogP contribution is 2.22. The van der Waals surface area contributed by atoms with Gasteiger partial charge in [-0.3, -0.25) is 25.8 Å². The molecule has 0 atom stereocenters. The third-order valence-corrected chi connectivity index (χ3v) is 4.07. The van der Waals surface area contributed by atoms with Crippen molar-refractivity contribution in [2.24, 2.45) is 0 Å². The summed E-state index contributed by atoms with van der Waals surface area (Å²) in [7, 11) is 1.55. The van der Waals surface area contributed by atoms with Crippen LogP contribution in [-0.2, 0) is 9.59 Å². The van der Waals surface area contributed by atoms with Crippen LogP contribution in [0, 0.1) is 13.8 Å². The number of nitrogens with one attached hydrogen (secondary N) is 3. The lowest BCUT2D eigenvalue weighted by molar-refractivity contribution is -0.123. The van der Waals surface area contributed by atoms with Crippen molar-refractivity contribution in [3.8, 4) is 11.5 Å². The van der Waals surface area contributed by atoms with Gasteiger partial charge < -0.3 is 9.47 Å². The van der Waals surface area contributed by atoms with Crippen molar-refractivity contribution in [3.05, 3.63) is 65.2 Å². The topological polar surface area (TPSA) is 88.7 Å². The molecule has 29 heavy (non-hydrogen) atoms. The summed E-state index contributed by atoms with van der Waals surface area (Å²) in [4.78, 5) is 23.9. The van der Waals surface area contributed by atoms with Crippen LogP contribution in [0.3, 0.4) is 0 Å². The molecule has 0 aromatic heterocycles. The lowest BCUT2D eigenvalue weighted by atomic mass is 10.1. The molecule has 0 saturated carbocycles. The van der Waals surface area contributed by atoms with Crippen molar-refractivity contribution in [1.29, 1.82) is 0 Å². The third-order valence-electron chi connectivity index (χ3n) is 3.86. The SMILES string of the molecule is COc1ccccc1C=CC(=O)NC(=S)NNC(=O)COc1c(C)cccc1C. The first-order chi connectivity index (χ1) is 13.9. The maximum Gasteiger partial charge on any atom is 0.276 e. The molecule has 2 rings (SSSR count). The summed E-state index contributed by atoms with van der Waals surface area (Å²) in [5, 5.41) is 2.39. The number of aryl methyl sites for hydroxylation is 2. The molecule has 3 N–H and O–H groups in total. The van der Waals surface area contributed by atoms with Gasteiger partial charge in [0, 0.05) is 11.6 Å². The molecule has 2 aromatic carbocycles. The van der Waals surface area contributed by atoms with Crippen LogP contribution in [0.15, 0.2) is 48.5 Å². The molecular formula is C21H23N3O4S. The molecule has 0 spiro atoms. The van der Waals surface area contributed by atoms with Crippen molar-refractivity contribution in [1.82, 2.24) is 16.2 Å². The van der Waals surface area contributed by atoms with Gasteiger partial charge in [0.1, 0.15) is 11.5 Å². The van der Waals surface area contributed by atoms with E-state index in [2.05, 4.69) is 16.2 Å². The number of rotatable bonds is 6. The molecular weight excluding hydrogens is 390 g/mol. The number of carbonyl (C=O) groups is 2. The zero-order chi connectivity index (χ0) is 21.2. The third kappa shape index (κ3) is 6.93. The van der Waals surface area contributed by atoms with E-state index in [0.29, 0.717) is 11.5 Å². The number of ether oxygens (including phenoxy) is 2. The normalized spacial score (nSPS) is 10.3. The Labute approximate surface area is 175 Å². The lowest BCUT2D eigenvalue weighted by Gasteiger charge is -2.13. The molecule has 0 aliphatic carbocycles. The molecule has 152 valence electrons. The summed E-state index contributed by atoms with van der Waals surface area (Å²) in [5.41, 5.74) is 7.47. The van der Waals surface area contributed by atoms with Crippen molar-refractivity contribution >= 4 is 35.2 Å². The Morgan fingerprint density at radius 2 is 1.72 bits per heavy atom. The van der Waals surface area contributed by atoms with Gasteiger partial charge in [-0.05, 0) is 49.3 Å². The van der Waals surface area contributed by atoms with E-state index in [-0.39, 0.29) is 11.7 Å². The smallest absolute Gasteiger partial charge is 0.276 e. The number of thiocarbonyl (C=S) groups is 1. The molecule has 0 unspecified atom stereocenters. The van der Waals surface area contributed by atoms with Crippen molar-refractivity contribution < 1.29 is 19.1 Å². The summed E-state index contributed by atoms with van der Waals surface area (Å²) in [6.07, 6.45) is 2.92. The zero-order valence-electron chi connectivity index (χ0n) is 16.4. The van der Waals surface area contributed by atoms with E-state index in [1.165, 1.54) is 6.08 Å². The number of hydrogen-bond donors (Lipinski definition) is 3. The van der Waals surface area contributed by atoms with E-state index in [4.69, 9.17) is 21.7 Å². The Morgan fingerprint density at radius 1 is 1.03 bits per heavy atom. The van der Waals surface area contributed by atoms with Crippen LogP contribution in [0.5, 0.6) is 11.5 Å². The van der Waals surface area contributed by atoms with E-state index in [9.17, 15) is 9.59 Å². The maximum absolute atomic E-state index is 12.0. The molecule has 0 saturated heterocycles. The van der Waals surface area contributed by atoms with Gasteiger partial charge in [-0.2, -0.15) is 0 Å². The average Bonchev–Trinajstić information content (AvgIpc) is 2.70. The Kier molecular flexibility index (Phi) is 8.17. The second-order valence-electron chi connectivity index (χ2n) is 6.08. The van der Waals surface area contributed by atoms with Crippen LogP contribution >= 0.6 is 12.2 Å². The first-order valence-electron chi connectivity index (χ1n) is 8.80. The van der Waals surface area contributed by atoms with Gasteiger partial charge >= 0.3 is 0 Å². The molecule has 0 heterocycles. The Bertz CT molecular complexity index is 908. The molecule has 7 nitrogen and oxygen atoms in total. The number of para-hydroxylation sites is 2. The number of hydrazine groups is 1. The lowest BCUT2D eigenvalue weighted by Crippen LogP contribution is -2.49. The van der Waals surface area contributed by atoms with Gasteiger partial charge in [0.05, 0.1) is 7.11 Å².